The first-order chi connectivity index (χ1) is 9.83. The van der Waals surface area contributed by atoms with Crippen LogP contribution in [0.2, 0.25) is 0 Å². The number of aromatic nitrogens is 1. The lowest BCUT2D eigenvalue weighted by Crippen LogP contribution is -2.30. The Morgan fingerprint density at radius 2 is 2.20 bits per heavy atom. The summed E-state index contributed by atoms with van der Waals surface area (Å²) in [7, 11) is 0. The summed E-state index contributed by atoms with van der Waals surface area (Å²) in [6, 6.07) is 4.14. The number of carbonyl (C=O) groups excluding carboxylic acids is 1. The van der Waals surface area contributed by atoms with E-state index in [9.17, 15) is 4.79 Å². The second kappa shape index (κ2) is 6.50. The van der Waals surface area contributed by atoms with Gasteiger partial charge in [0, 0.05) is 24.3 Å². The molecule has 1 saturated carbocycles. The average molecular weight is 306 g/mol. The standard InChI is InChI=1S/C15H18N2OS2/c18-14(11-4-1-2-5-11)16-8-7-12-10-20-15(17-12)13-6-3-9-19-13/h3,6,9-11H,1-2,4-5,7-8H2,(H,16,18). The van der Waals surface area contributed by atoms with Gasteiger partial charge in [0.15, 0.2) is 0 Å². The van der Waals surface area contributed by atoms with Crippen molar-refractivity contribution in [1.29, 1.82) is 0 Å². The number of carbonyl (C=O) groups is 1. The van der Waals surface area contributed by atoms with E-state index in [0.29, 0.717) is 6.54 Å². The van der Waals surface area contributed by atoms with Crippen molar-refractivity contribution in [2.24, 2.45) is 5.92 Å². The molecule has 1 aliphatic rings. The predicted molar refractivity (Wildman–Crippen MR) is 84.1 cm³/mol. The van der Waals surface area contributed by atoms with Crippen molar-refractivity contribution < 1.29 is 4.79 Å². The Morgan fingerprint density at radius 3 is 2.95 bits per heavy atom. The van der Waals surface area contributed by atoms with Gasteiger partial charge in [0.1, 0.15) is 5.01 Å². The number of rotatable bonds is 5. The molecule has 2 heterocycles. The monoisotopic (exact) mass is 306 g/mol. The molecule has 0 bridgehead atoms. The summed E-state index contributed by atoms with van der Waals surface area (Å²) >= 11 is 3.39. The smallest absolute Gasteiger partial charge is 0.223 e. The lowest BCUT2D eigenvalue weighted by Gasteiger charge is -2.09. The molecule has 1 amide bonds. The summed E-state index contributed by atoms with van der Waals surface area (Å²) < 4.78 is 0. The van der Waals surface area contributed by atoms with Gasteiger partial charge in [-0.15, -0.1) is 22.7 Å². The third-order valence-corrected chi connectivity index (χ3v) is 5.62. The maximum Gasteiger partial charge on any atom is 0.223 e. The maximum atomic E-state index is 11.9. The molecule has 0 atom stereocenters. The highest BCUT2D eigenvalue weighted by Crippen LogP contribution is 2.28. The first-order valence-corrected chi connectivity index (χ1v) is 8.85. The molecule has 0 spiro atoms. The van der Waals surface area contributed by atoms with Crippen LogP contribution in [0, 0.1) is 5.92 Å². The third-order valence-electron chi connectivity index (χ3n) is 3.69. The molecule has 0 saturated heterocycles. The molecule has 0 aromatic carbocycles. The van der Waals surface area contributed by atoms with Crippen LogP contribution in [0.25, 0.3) is 9.88 Å². The molecule has 2 aromatic rings. The number of hydrogen-bond acceptors (Lipinski definition) is 4. The van der Waals surface area contributed by atoms with E-state index in [4.69, 9.17) is 0 Å². The van der Waals surface area contributed by atoms with E-state index in [1.54, 1.807) is 22.7 Å². The van der Waals surface area contributed by atoms with E-state index >= 15 is 0 Å². The van der Waals surface area contributed by atoms with Gasteiger partial charge in [0.05, 0.1) is 10.6 Å². The maximum absolute atomic E-state index is 11.9. The summed E-state index contributed by atoms with van der Waals surface area (Å²) in [6.07, 6.45) is 5.35. The van der Waals surface area contributed by atoms with Crippen LogP contribution in [0.4, 0.5) is 0 Å². The van der Waals surface area contributed by atoms with Crippen molar-refractivity contribution in [2.75, 3.05) is 6.54 Å². The van der Waals surface area contributed by atoms with Gasteiger partial charge in [-0.1, -0.05) is 18.9 Å². The highest BCUT2D eigenvalue weighted by atomic mass is 32.1. The Kier molecular flexibility index (Phi) is 4.47. The van der Waals surface area contributed by atoms with Crippen LogP contribution in [0.5, 0.6) is 0 Å². The Morgan fingerprint density at radius 1 is 1.35 bits per heavy atom. The van der Waals surface area contributed by atoms with Crippen molar-refractivity contribution in [3.63, 3.8) is 0 Å². The molecule has 1 aliphatic carbocycles. The van der Waals surface area contributed by atoms with Gasteiger partial charge >= 0.3 is 0 Å². The minimum Gasteiger partial charge on any atom is -0.355 e. The Bertz CT molecular complexity index is 556. The Labute approximate surface area is 127 Å². The molecule has 3 rings (SSSR count). The van der Waals surface area contributed by atoms with Crippen LogP contribution in [0.3, 0.4) is 0 Å². The molecule has 2 aromatic heterocycles. The predicted octanol–water partition coefficient (Wildman–Crippen LogP) is 3.72. The average Bonchev–Trinajstić information content (AvgIpc) is 3.20. The van der Waals surface area contributed by atoms with E-state index < -0.39 is 0 Å². The fourth-order valence-corrected chi connectivity index (χ4v) is 4.25. The summed E-state index contributed by atoms with van der Waals surface area (Å²) in [4.78, 5) is 17.7. The number of thiophene rings is 1. The highest BCUT2D eigenvalue weighted by Gasteiger charge is 2.21. The summed E-state index contributed by atoms with van der Waals surface area (Å²) in [5.74, 6) is 0.489. The third kappa shape index (κ3) is 3.27. The second-order valence-electron chi connectivity index (χ2n) is 5.14. The zero-order valence-corrected chi connectivity index (χ0v) is 12.9. The fraction of sp³-hybridized carbons (Fsp3) is 0.467. The Hall–Kier alpha value is -1.20. The molecule has 0 unspecified atom stereocenters. The molecule has 0 aliphatic heterocycles. The first-order valence-electron chi connectivity index (χ1n) is 7.09. The van der Waals surface area contributed by atoms with E-state index in [1.807, 2.05) is 6.07 Å². The summed E-state index contributed by atoms with van der Waals surface area (Å²) in [5, 5.41) is 8.29. The molecule has 0 radical (unpaired) electrons. The van der Waals surface area contributed by atoms with Gasteiger partial charge in [-0.2, -0.15) is 0 Å². The lowest BCUT2D eigenvalue weighted by molar-refractivity contribution is -0.124. The molecule has 106 valence electrons. The van der Waals surface area contributed by atoms with Crippen LogP contribution < -0.4 is 5.32 Å². The number of nitrogens with one attached hydrogen (secondary N) is 1. The van der Waals surface area contributed by atoms with Gasteiger partial charge in [0.2, 0.25) is 5.91 Å². The molecule has 1 N–H and O–H groups in total. The molecular weight excluding hydrogens is 288 g/mol. The van der Waals surface area contributed by atoms with Gasteiger partial charge in [-0.3, -0.25) is 4.79 Å². The topological polar surface area (TPSA) is 42.0 Å². The van der Waals surface area contributed by atoms with Crippen LogP contribution in [0.15, 0.2) is 22.9 Å². The van der Waals surface area contributed by atoms with Crippen molar-refractivity contribution in [3.8, 4) is 9.88 Å². The van der Waals surface area contributed by atoms with E-state index in [1.165, 1.54) is 17.7 Å². The molecule has 5 heteroatoms. The molecule has 3 nitrogen and oxygen atoms in total. The number of nitrogens with zero attached hydrogens (tertiary/aromatic N) is 1. The van der Waals surface area contributed by atoms with Gasteiger partial charge in [-0.25, -0.2) is 4.98 Å². The Balaban J connectivity index is 1.48. The van der Waals surface area contributed by atoms with E-state index in [2.05, 4.69) is 27.1 Å². The fourth-order valence-electron chi connectivity index (χ4n) is 2.58. The van der Waals surface area contributed by atoms with E-state index in [0.717, 1.165) is 30.0 Å². The summed E-state index contributed by atoms with van der Waals surface area (Å²) in [5.41, 5.74) is 1.07. The number of thiazole rings is 1. The lowest BCUT2D eigenvalue weighted by atomic mass is 10.1. The SMILES string of the molecule is O=C(NCCc1csc(-c2cccs2)n1)C1CCCC1. The van der Waals surface area contributed by atoms with Crippen LogP contribution in [-0.2, 0) is 11.2 Å². The van der Waals surface area contributed by atoms with Gasteiger partial charge < -0.3 is 5.32 Å². The van der Waals surface area contributed by atoms with Crippen molar-refractivity contribution in [3.05, 3.63) is 28.6 Å². The molecule has 20 heavy (non-hydrogen) atoms. The van der Waals surface area contributed by atoms with Crippen molar-refractivity contribution in [2.45, 2.75) is 32.1 Å². The zero-order chi connectivity index (χ0) is 13.8. The number of hydrogen-bond donors (Lipinski definition) is 1. The second-order valence-corrected chi connectivity index (χ2v) is 6.95. The van der Waals surface area contributed by atoms with Crippen LogP contribution >= 0.6 is 22.7 Å². The molecule has 1 fully saturated rings. The zero-order valence-electron chi connectivity index (χ0n) is 11.3. The van der Waals surface area contributed by atoms with Crippen molar-refractivity contribution >= 4 is 28.6 Å². The minimum absolute atomic E-state index is 0.233. The van der Waals surface area contributed by atoms with Gasteiger partial charge in [0.25, 0.3) is 0 Å². The normalized spacial score (nSPS) is 15.6. The summed E-state index contributed by atoms with van der Waals surface area (Å²) in [6.45, 7) is 0.697. The number of amides is 1. The molecular formula is C15H18N2OS2. The van der Waals surface area contributed by atoms with Crippen molar-refractivity contribution in [1.82, 2.24) is 10.3 Å². The van der Waals surface area contributed by atoms with Crippen LogP contribution in [0.1, 0.15) is 31.4 Å². The minimum atomic E-state index is 0.233. The van der Waals surface area contributed by atoms with Gasteiger partial charge in [-0.05, 0) is 24.3 Å². The van der Waals surface area contributed by atoms with E-state index in [-0.39, 0.29) is 11.8 Å². The van der Waals surface area contributed by atoms with Crippen LogP contribution in [-0.4, -0.2) is 17.4 Å². The largest absolute Gasteiger partial charge is 0.355 e. The highest BCUT2D eigenvalue weighted by molar-refractivity contribution is 7.20. The quantitative estimate of drug-likeness (QED) is 0.914. The first kappa shape index (κ1) is 13.8.